The molecule has 3 rings (SSSR count). The fraction of sp³-hybridized carbons (Fsp3) is 0.667. The molecule has 2 fully saturated rings. The second kappa shape index (κ2) is 13.5. The van der Waals surface area contributed by atoms with Gasteiger partial charge in [0.15, 0.2) is 0 Å². The number of carbonyl (C=O) groups excluding carboxylic acids is 3. The Bertz CT molecular complexity index is 853. The summed E-state index contributed by atoms with van der Waals surface area (Å²) in [5.41, 5.74) is 0.892. The summed E-state index contributed by atoms with van der Waals surface area (Å²) in [7, 11) is 3.28. The van der Waals surface area contributed by atoms with Crippen molar-refractivity contribution in [3.8, 4) is 5.75 Å². The standard InChI is InChI=1S/C27H41N3O5/c1-4-5-16-30-24(31)12-11-22(25(30)21-9-6-7-10-23(21)35-3)27(33)29-17-13-20(14-18-29)26(32)28-15-8-19-34-2/h6-7,9-10,20,22,25H,4-5,8,11-19H2,1-3H3,(H,28,32). The number of para-hydroxylation sites is 1. The molecule has 2 aliphatic rings. The van der Waals surface area contributed by atoms with Crippen molar-refractivity contribution in [3.63, 3.8) is 0 Å². The summed E-state index contributed by atoms with van der Waals surface area (Å²) in [4.78, 5) is 43.1. The third kappa shape index (κ3) is 6.75. The molecule has 1 aromatic rings. The van der Waals surface area contributed by atoms with Crippen LogP contribution in [-0.2, 0) is 19.1 Å². The van der Waals surface area contributed by atoms with Crippen LogP contribution in [-0.4, -0.2) is 74.5 Å². The molecule has 0 aliphatic carbocycles. The number of piperidine rings is 2. The average molecular weight is 488 g/mol. The number of carbonyl (C=O) groups is 3. The lowest BCUT2D eigenvalue weighted by atomic mass is 9.82. The zero-order chi connectivity index (χ0) is 25.2. The van der Waals surface area contributed by atoms with E-state index in [4.69, 9.17) is 9.47 Å². The van der Waals surface area contributed by atoms with Gasteiger partial charge in [0.05, 0.1) is 19.1 Å². The molecule has 2 unspecified atom stereocenters. The van der Waals surface area contributed by atoms with Crippen molar-refractivity contribution in [1.82, 2.24) is 15.1 Å². The number of benzene rings is 1. The largest absolute Gasteiger partial charge is 0.496 e. The van der Waals surface area contributed by atoms with Gasteiger partial charge in [-0.1, -0.05) is 31.5 Å². The van der Waals surface area contributed by atoms with Gasteiger partial charge in [0.25, 0.3) is 0 Å². The number of nitrogens with one attached hydrogen (secondary N) is 1. The predicted molar refractivity (Wildman–Crippen MR) is 134 cm³/mol. The average Bonchev–Trinajstić information content (AvgIpc) is 2.89. The van der Waals surface area contributed by atoms with Crippen LogP contribution in [0.4, 0.5) is 0 Å². The van der Waals surface area contributed by atoms with E-state index in [0.717, 1.165) is 24.8 Å². The first-order valence-electron chi connectivity index (χ1n) is 13.0. The van der Waals surface area contributed by atoms with Crippen LogP contribution in [0, 0.1) is 11.8 Å². The summed E-state index contributed by atoms with van der Waals surface area (Å²) in [6.07, 6.45) is 4.89. The van der Waals surface area contributed by atoms with Crippen molar-refractivity contribution in [2.75, 3.05) is 47.0 Å². The molecular formula is C27H41N3O5. The van der Waals surface area contributed by atoms with Gasteiger partial charge >= 0.3 is 0 Å². The minimum absolute atomic E-state index is 0.0640. The van der Waals surface area contributed by atoms with Gasteiger partial charge in [-0.05, 0) is 38.2 Å². The molecule has 2 heterocycles. The highest BCUT2D eigenvalue weighted by atomic mass is 16.5. The molecule has 2 saturated heterocycles. The molecule has 0 saturated carbocycles. The zero-order valence-electron chi connectivity index (χ0n) is 21.5. The van der Waals surface area contributed by atoms with Crippen LogP contribution in [0.1, 0.15) is 63.5 Å². The number of methoxy groups -OCH3 is 2. The second-order valence-electron chi connectivity index (χ2n) is 9.51. The highest BCUT2D eigenvalue weighted by Gasteiger charge is 2.43. The molecule has 35 heavy (non-hydrogen) atoms. The summed E-state index contributed by atoms with van der Waals surface area (Å²) in [5.74, 6) is 0.557. The van der Waals surface area contributed by atoms with Crippen molar-refractivity contribution in [2.45, 2.75) is 57.9 Å². The first-order chi connectivity index (χ1) is 17.0. The number of rotatable bonds is 11. The Morgan fingerprint density at radius 2 is 1.83 bits per heavy atom. The van der Waals surface area contributed by atoms with E-state index < -0.39 is 0 Å². The molecule has 2 atom stereocenters. The van der Waals surface area contributed by atoms with E-state index >= 15 is 0 Å². The molecule has 8 heteroatoms. The summed E-state index contributed by atoms with van der Waals surface area (Å²) < 4.78 is 10.7. The minimum Gasteiger partial charge on any atom is -0.496 e. The zero-order valence-corrected chi connectivity index (χ0v) is 21.5. The van der Waals surface area contributed by atoms with Gasteiger partial charge in [0.1, 0.15) is 5.75 Å². The van der Waals surface area contributed by atoms with Crippen LogP contribution < -0.4 is 10.1 Å². The van der Waals surface area contributed by atoms with Gasteiger partial charge < -0.3 is 24.6 Å². The summed E-state index contributed by atoms with van der Waals surface area (Å²) in [6.45, 7) is 5.09. The van der Waals surface area contributed by atoms with Gasteiger partial charge in [-0.25, -0.2) is 0 Å². The van der Waals surface area contributed by atoms with Crippen LogP contribution >= 0.6 is 0 Å². The highest BCUT2D eigenvalue weighted by Crippen LogP contribution is 2.42. The van der Waals surface area contributed by atoms with Crippen molar-refractivity contribution in [3.05, 3.63) is 29.8 Å². The van der Waals surface area contributed by atoms with Crippen molar-refractivity contribution in [1.29, 1.82) is 0 Å². The normalized spacial score (nSPS) is 21.2. The topological polar surface area (TPSA) is 88.2 Å². The van der Waals surface area contributed by atoms with Gasteiger partial charge in [0.2, 0.25) is 17.7 Å². The smallest absolute Gasteiger partial charge is 0.228 e. The number of nitrogens with zero attached hydrogens (tertiary/aromatic N) is 2. The molecule has 1 N–H and O–H groups in total. The predicted octanol–water partition coefficient (Wildman–Crippen LogP) is 3.17. The van der Waals surface area contributed by atoms with Crippen LogP contribution in [0.3, 0.4) is 0 Å². The first kappa shape index (κ1) is 27.0. The minimum atomic E-state index is -0.340. The monoisotopic (exact) mass is 487 g/mol. The molecule has 8 nitrogen and oxygen atoms in total. The van der Waals surface area contributed by atoms with E-state index in [1.807, 2.05) is 34.1 Å². The lowest BCUT2D eigenvalue weighted by Gasteiger charge is -2.43. The maximum absolute atomic E-state index is 13.8. The van der Waals surface area contributed by atoms with Crippen LogP contribution in [0.15, 0.2) is 24.3 Å². The van der Waals surface area contributed by atoms with Crippen molar-refractivity contribution < 1.29 is 23.9 Å². The lowest BCUT2D eigenvalue weighted by molar-refractivity contribution is -0.149. The Hall–Kier alpha value is -2.61. The molecule has 0 spiro atoms. The summed E-state index contributed by atoms with van der Waals surface area (Å²) in [5, 5.41) is 2.99. The SMILES string of the molecule is CCCCN1C(=O)CCC(C(=O)N2CCC(C(=O)NCCCOC)CC2)C1c1ccccc1OC. The molecule has 3 amide bonds. The van der Waals surface area contributed by atoms with E-state index in [9.17, 15) is 14.4 Å². The maximum Gasteiger partial charge on any atom is 0.228 e. The summed E-state index contributed by atoms with van der Waals surface area (Å²) in [6, 6.07) is 7.37. The molecular weight excluding hydrogens is 446 g/mol. The number of ether oxygens (including phenoxy) is 2. The quantitative estimate of drug-likeness (QED) is 0.485. The van der Waals surface area contributed by atoms with Gasteiger partial charge in [-0.3, -0.25) is 14.4 Å². The van der Waals surface area contributed by atoms with Gasteiger partial charge in [-0.15, -0.1) is 0 Å². The Labute approximate surface area is 209 Å². The first-order valence-corrected chi connectivity index (χ1v) is 13.0. The van der Waals surface area contributed by atoms with E-state index in [1.54, 1.807) is 14.2 Å². The lowest BCUT2D eigenvalue weighted by Crippen LogP contribution is -2.51. The maximum atomic E-state index is 13.8. The van der Waals surface area contributed by atoms with E-state index in [2.05, 4.69) is 12.2 Å². The molecule has 1 aromatic carbocycles. The van der Waals surface area contributed by atoms with Crippen molar-refractivity contribution in [2.24, 2.45) is 11.8 Å². The second-order valence-corrected chi connectivity index (χ2v) is 9.51. The van der Waals surface area contributed by atoms with E-state index in [1.165, 1.54) is 0 Å². The van der Waals surface area contributed by atoms with Crippen LogP contribution in [0.25, 0.3) is 0 Å². The number of amides is 3. The number of unbranched alkanes of at least 4 members (excludes halogenated alkanes) is 1. The fourth-order valence-corrected chi connectivity index (χ4v) is 5.27. The number of hydrogen-bond acceptors (Lipinski definition) is 5. The van der Waals surface area contributed by atoms with E-state index in [-0.39, 0.29) is 35.6 Å². The third-order valence-electron chi connectivity index (χ3n) is 7.24. The van der Waals surface area contributed by atoms with Crippen LogP contribution in [0.2, 0.25) is 0 Å². The van der Waals surface area contributed by atoms with E-state index in [0.29, 0.717) is 64.2 Å². The Morgan fingerprint density at radius 3 is 2.51 bits per heavy atom. The Kier molecular flexibility index (Phi) is 10.4. The van der Waals surface area contributed by atoms with Gasteiger partial charge in [-0.2, -0.15) is 0 Å². The van der Waals surface area contributed by atoms with Crippen molar-refractivity contribution >= 4 is 17.7 Å². The summed E-state index contributed by atoms with van der Waals surface area (Å²) >= 11 is 0. The Balaban J connectivity index is 1.72. The third-order valence-corrected chi connectivity index (χ3v) is 7.24. The molecule has 0 radical (unpaired) electrons. The van der Waals surface area contributed by atoms with Gasteiger partial charge in [0, 0.05) is 57.8 Å². The van der Waals surface area contributed by atoms with Crippen LogP contribution in [0.5, 0.6) is 5.75 Å². The fourth-order valence-electron chi connectivity index (χ4n) is 5.27. The Morgan fingerprint density at radius 1 is 1.09 bits per heavy atom. The molecule has 0 bridgehead atoms. The molecule has 194 valence electrons. The molecule has 2 aliphatic heterocycles. The number of hydrogen-bond donors (Lipinski definition) is 1. The molecule has 0 aromatic heterocycles. The highest BCUT2D eigenvalue weighted by molar-refractivity contribution is 5.86. The number of likely N-dealkylation sites (tertiary alicyclic amines) is 2.